The highest BCUT2D eigenvalue weighted by molar-refractivity contribution is 7.25. The van der Waals surface area contributed by atoms with Gasteiger partial charge < -0.3 is 8.98 Å². The van der Waals surface area contributed by atoms with E-state index in [-0.39, 0.29) is 36.3 Å². The summed E-state index contributed by atoms with van der Waals surface area (Å²) in [5.41, 5.74) is 4.98. The molecular formula is C45H26N4OS. The lowest BCUT2D eigenvalue weighted by molar-refractivity contribution is 0.666. The number of para-hydroxylation sites is 2. The van der Waals surface area contributed by atoms with Crippen LogP contribution in [0.25, 0.3) is 104 Å². The highest BCUT2D eigenvalue weighted by Gasteiger charge is 2.20. The van der Waals surface area contributed by atoms with Crippen molar-refractivity contribution < 1.29 is 12.6 Å². The molecule has 238 valence electrons. The van der Waals surface area contributed by atoms with Gasteiger partial charge in [0, 0.05) is 58.4 Å². The zero-order valence-corrected chi connectivity index (χ0v) is 27.5. The van der Waals surface area contributed by atoms with E-state index in [0.29, 0.717) is 76.3 Å². The Morgan fingerprint density at radius 1 is 0.510 bits per heavy atom. The summed E-state index contributed by atoms with van der Waals surface area (Å²) >= 11 is 1.26. The first-order valence-electron chi connectivity index (χ1n) is 19.4. The predicted octanol–water partition coefficient (Wildman–Crippen LogP) is 12.2. The molecule has 0 aliphatic heterocycles. The van der Waals surface area contributed by atoms with Crippen LogP contribution >= 0.6 is 11.3 Å². The first-order chi connectivity index (χ1) is 27.7. The molecule has 0 atom stereocenters. The van der Waals surface area contributed by atoms with Crippen molar-refractivity contribution in [2.24, 2.45) is 0 Å². The van der Waals surface area contributed by atoms with Gasteiger partial charge in [-0.25, -0.2) is 15.0 Å². The molecular weight excluding hydrogens is 645 g/mol. The van der Waals surface area contributed by atoms with Crippen LogP contribution in [0, 0.1) is 0 Å². The van der Waals surface area contributed by atoms with Crippen molar-refractivity contribution in [3.63, 3.8) is 0 Å². The molecule has 4 aromatic heterocycles. The fourth-order valence-corrected chi connectivity index (χ4v) is 8.00. The zero-order valence-electron chi connectivity index (χ0n) is 32.7. The largest absolute Gasteiger partial charge is 0.454 e. The highest BCUT2D eigenvalue weighted by Crippen LogP contribution is 2.42. The molecule has 7 aromatic carbocycles. The van der Waals surface area contributed by atoms with Crippen LogP contribution in [0.1, 0.15) is 8.22 Å². The number of benzene rings is 7. The smallest absolute Gasteiger partial charge is 0.164 e. The molecule has 0 bridgehead atoms. The molecule has 0 unspecified atom stereocenters. The van der Waals surface area contributed by atoms with Crippen LogP contribution < -0.4 is 0 Å². The lowest BCUT2D eigenvalue weighted by atomic mass is 10.1. The van der Waals surface area contributed by atoms with Crippen LogP contribution in [0.4, 0.5) is 0 Å². The third-order valence-electron chi connectivity index (χ3n) is 9.35. The van der Waals surface area contributed by atoms with E-state index < -0.39 is 0 Å². The minimum Gasteiger partial charge on any atom is -0.454 e. The fraction of sp³-hybridized carbons (Fsp3) is 0. The Morgan fingerprint density at radius 3 is 1.98 bits per heavy atom. The van der Waals surface area contributed by atoms with Gasteiger partial charge in [-0.1, -0.05) is 115 Å². The normalized spacial score (nSPS) is 13.6. The van der Waals surface area contributed by atoms with Gasteiger partial charge in [0.1, 0.15) is 5.58 Å². The molecule has 5 nitrogen and oxygen atoms in total. The van der Waals surface area contributed by atoms with Crippen molar-refractivity contribution in [1.29, 1.82) is 0 Å². The maximum Gasteiger partial charge on any atom is 0.164 e. The second-order valence-electron chi connectivity index (χ2n) is 12.3. The van der Waals surface area contributed by atoms with E-state index in [1.54, 1.807) is 12.1 Å². The van der Waals surface area contributed by atoms with Gasteiger partial charge in [0.05, 0.1) is 24.9 Å². The average molecular weight is 677 g/mol. The summed E-state index contributed by atoms with van der Waals surface area (Å²) in [5, 5.41) is 3.69. The molecule has 51 heavy (non-hydrogen) atoms. The number of nitrogens with zero attached hydrogens (tertiary/aromatic N) is 4. The standard InChI is InChI=1S/C45H26N4OS/c1-3-12-27(13-4-1)43-46-44(28-14-5-2-6-15-28)48-45(47-43)29-22-23-31-33-18-11-20-37(42(33)50-39(31)24-29)49-36-19-9-7-16-30(36)34-26-41-35(25-38(34)49)32-17-8-10-21-40(32)51-41/h1-26H/i7D,8D,19D,21D,25D,26D. The SMILES string of the molecule is [2H]c1cc([2H])c2sc3c([2H])c4c5cc([2H])cc([2H])c5n(-c5cccc6c5oc5cc(-c7nc(-c8ccccc8)nc(-c8ccccc8)n7)ccc56)c4c([2H])c3c2c1. The Morgan fingerprint density at radius 2 is 1.22 bits per heavy atom. The molecule has 0 N–H and O–H groups in total. The van der Waals surface area contributed by atoms with Gasteiger partial charge in [0.25, 0.3) is 0 Å². The highest BCUT2D eigenvalue weighted by atomic mass is 32.1. The molecule has 0 aliphatic carbocycles. The first-order valence-corrected chi connectivity index (χ1v) is 17.3. The van der Waals surface area contributed by atoms with E-state index in [4.69, 9.17) is 24.9 Å². The van der Waals surface area contributed by atoms with Crippen LogP contribution in [-0.2, 0) is 0 Å². The van der Waals surface area contributed by atoms with E-state index in [1.165, 1.54) is 23.5 Å². The van der Waals surface area contributed by atoms with Gasteiger partial charge in [-0.15, -0.1) is 11.3 Å². The Labute approximate surface area is 304 Å². The van der Waals surface area contributed by atoms with Gasteiger partial charge in [-0.05, 0) is 42.4 Å². The molecule has 0 saturated carbocycles. The van der Waals surface area contributed by atoms with E-state index in [2.05, 4.69) is 0 Å². The molecule has 11 rings (SSSR count). The van der Waals surface area contributed by atoms with Gasteiger partial charge in [-0.3, -0.25) is 0 Å². The average Bonchev–Trinajstić information content (AvgIpc) is 3.91. The number of aromatic nitrogens is 4. The second kappa shape index (κ2) is 10.9. The number of hydrogen-bond donors (Lipinski definition) is 0. The maximum atomic E-state index is 9.74. The monoisotopic (exact) mass is 676 g/mol. The van der Waals surface area contributed by atoms with Gasteiger partial charge >= 0.3 is 0 Å². The summed E-state index contributed by atoms with van der Waals surface area (Å²) < 4.78 is 63.6. The number of thiophene rings is 1. The lowest BCUT2D eigenvalue weighted by Crippen LogP contribution is -2.00. The molecule has 0 amide bonds. The molecule has 6 heteroatoms. The Bertz CT molecular complexity index is 3430. The summed E-state index contributed by atoms with van der Waals surface area (Å²) in [6.07, 6.45) is 0. The van der Waals surface area contributed by atoms with Crippen LogP contribution in [0.5, 0.6) is 0 Å². The van der Waals surface area contributed by atoms with Crippen molar-refractivity contribution in [3.05, 3.63) is 158 Å². The van der Waals surface area contributed by atoms with Gasteiger partial charge in [0.15, 0.2) is 23.1 Å². The van der Waals surface area contributed by atoms with E-state index in [9.17, 15) is 2.74 Å². The minimum absolute atomic E-state index is 0.0799. The lowest BCUT2D eigenvalue weighted by Gasteiger charge is -2.08. The van der Waals surface area contributed by atoms with Crippen LogP contribution in [0.15, 0.2) is 162 Å². The van der Waals surface area contributed by atoms with Crippen LogP contribution in [-0.4, -0.2) is 19.5 Å². The minimum atomic E-state index is 0.0799. The Kier molecular flexibility index (Phi) is 4.91. The Hall–Kier alpha value is -6.63. The van der Waals surface area contributed by atoms with Crippen LogP contribution in [0.2, 0.25) is 0 Å². The van der Waals surface area contributed by atoms with Crippen molar-refractivity contribution in [2.45, 2.75) is 0 Å². The predicted molar refractivity (Wildman–Crippen MR) is 211 cm³/mol. The summed E-state index contributed by atoms with van der Waals surface area (Å²) in [7, 11) is 0. The summed E-state index contributed by atoms with van der Waals surface area (Å²) in [6.45, 7) is 0. The number of rotatable bonds is 4. The molecule has 4 heterocycles. The van der Waals surface area contributed by atoms with Crippen molar-refractivity contribution in [3.8, 4) is 39.9 Å². The fourth-order valence-electron chi connectivity index (χ4n) is 7.00. The molecule has 0 saturated heterocycles. The molecule has 0 fully saturated rings. The molecule has 0 radical (unpaired) electrons. The van der Waals surface area contributed by atoms with Crippen molar-refractivity contribution in [1.82, 2.24) is 19.5 Å². The first kappa shape index (κ1) is 22.9. The van der Waals surface area contributed by atoms with Crippen LogP contribution in [0.3, 0.4) is 0 Å². The second-order valence-corrected chi connectivity index (χ2v) is 13.3. The Balaban J connectivity index is 1.18. The molecule has 0 spiro atoms. The van der Waals surface area contributed by atoms with E-state index >= 15 is 0 Å². The quantitative estimate of drug-likeness (QED) is 0.186. The zero-order chi connectivity index (χ0) is 38.7. The van der Waals surface area contributed by atoms with E-state index in [0.717, 1.165) is 27.5 Å². The molecule has 0 aliphatic rings. The topological polar surface area (TPSA) is 56.7 Å². The van der Waals surface area contributed by atoms with Crippen molar-refractivity contribution in [2.75, 3.05) is 0 Å². The summed E-state index contributed by atoms with van der Waals surface area (Å²) in [5.74, 6) is 1.58. The van der Waals surface area contributed by atoms with Crippen molar-refractivity contribution >= 4 is 75.3 Å². The number of fused-ring (bicyclic) bond motifs is 9. The van der Waals surface area contributed by atoms with E-state index in [1.807, 2.05) is 102 Å². The summed E-state index contributed by atoms with van der Waals surface area (Å²) in [4.78, 5) is 14.6. The number of furan rings is 1. The third-order valence-corrected chi connectivity index (χ3v) is 10.4. The van der Waals surface area contributed by atoms with Gasteiger partial charge in [0.2, 0.25) is 0 Å². The maximum absolute atomic E-state index is 9.74. The van der Waals surface area contributed by atoms with Gasteiger partial charge in [-0.2, -0.15) is 0 Å². The third kappa shape index (κ3) is 4.37. The summed E-state index contributed by atoms with van der Waals surface area (Å²) in [6, 6.07) is 38.2. The molecule has 11 aromatic rings. The number of hydrogen-bond acceptors (Lipinski definition) is 5.